The standard InChI is InChI=1S/C25H36N4O3S/c1-19(2)17-29(18-20(3)4)25(30)23-16-21(10-11-24(23)28-14-12-26-13-15-28)27-33(31,32)22-8-6-5-7-9-22/h5-11,16,19-20,26-27H,12-15,17-18H2,1-4H3. The van der Waals surface area contributed by atoms with Crippen molar-refractivity contribution in [1.82, 2.24) is 10.2 Å². The van der Waals surface area contributed by atoms with E-state index >= 15 is 0 Å². The number of anilines is 2. The first-order chi connectivity index (χ1) is 15.7. The van der Waals surface area contributed by atoms with E-state index < -0.39 is 10.0 Å². The van der Waals surface area contributed by atoms with Gasteiger partial charge in [-0.3, -0.25) is 9.52 Å². The summed E-state index contributed by atoms with van der Waals surface area (Å²) in [5.41, 5.74) is 1.77. The van der Waals surface area contributed by atoms with Crippen LogP contribution in [0, 0.1) is 11.8 Å². The minimum absolute atomic E-state index is 0.0632. The van der Waals surface area contributed by atoms with Crippen molar-refractivity contribution in [3.63, 3.8) is 0 Å². The Kier molecular flexibility index (Phi) is 8.37. The van der Waals surface area contributed by atoms with E-state index in [9.17, 15) is 13.2 Å². The average molecular weight is 473 g/mol. The van der Waals surface area contributed by atoms with Gasteiger partial charge in [0.05, 0.1) is 10.5 Å². The molecule has 2 aromatic rings. The van der Waals surface area contributed by atoms with E-state index in [0.717, 1.165) is 31.9 Å². The van der Waals surface area contributed by atoms with Crippen molar-refractivity contribution < 1.29 is 13.2 Å². The Morgan fingerprint density at radius 3 is 2.18 bits per heavy atom. The van der Waals surface area contributed by atoms with Gasteiger partial charge in [0, 0.05) is 50.6 Å². The van der Waals surface area contributed by atoms with Crippen LogP contribution >= 0.6 is 0 Å². The number of carbonyl (C=O) groups excluding carboxylic acids is 1. The first kappa shape index (κ1) is 25.1. The fourth-order valence-corrected chi connectivity index (χ4v) is 5.13. The number of hydrogen-bond donors (Lipinski definition) is 2. The number of sulfonamides is 1. The molecule has 1 amide bonds. The summed E-state index contributed by atoms with van der Waals surface area (Å²) in [5, 5.41) is 3.34. The fourth-order valence-electron chi connectivity index (χ4n) is 4.06. The third-order valence-corrected chi connectivity index (χ3v) is 6.85. The fraction of sp³-hybridized carbons (Fsp3) is 0.480. The van der Waals surface area contributed by atoms with Crippen molar-refractivity contribution in [2.24, 2.45) is 11.8 Å². The maximum absolute atomic E-state index is 13.8. The van der Waals surface area contributed by atoms with E-state index in [0.29, 0.717) is 36.2 Å². The molecule has 0 unspecified atom stereocenters. The number of benzene rings is 2. The number of rotatable bonds is 9. The van der Waals surface area contributed by atoms with Gasteiger partial charge in [-0.15, -0.1) is 0 Å². The van der Waals surface area contributed by atoms with Gasteiger partial charge in [0.1, 0.15) is 0 Å². The molecule has 1 aliphatic rings. The highest BCUT2D eigenvalue weighted by Gasteiger charge is 2.25. The van der Waals surface area contributed by atoms with Crippen LogP contribution in [0.1, 0.15) is 38.1 Å². The van der Waals surface area contributed by atoms with E-state index in [1.54, 1.807) is 42.5 Å². The molecule has 180 valence electrons. The van der Waals surface area contributed by atoms with Gasteiger partial charge in [0.15, 0.2) is 0 Å². The summed E-state index contributed by atoms with van der Waals surface area (Å²) in [7, 11) is -3.75. The number of hydrogen-bond acceptors (Lipinski definition) is 5. The molecule has 2 N–H and O–H groups in total. The number of carbonyl (C=O) groups is 1. The molecular weight excluding hydrogens is 436 g/mol. The Morgan fingerprint density at radius 2 is 1.61 bits per heavy atom. The topological polar surface area (TPSA) is 81.8 Å². The molecule has 0 bridgehead atoms. The van der Waals surface area contributed by atoms with Crippen molar-refractivity contribution in [3.8, 4) is 0 Å². The molecule has 7 nitrogen and oxygen atoms in total. The zero-order chi connectivity index (χ0) is 24.0. The Bertz CT molecular complexity index is 1020. The normalized spacial score (nSPS) is 14.5. The zero-order valence-electron chi connectivity index (χ0n) is 20.0. The SMILES string of the molecule is CC(C)CN(CC(C)C)C(=O)c1cc(NS(=O)(=O)c2ccccc2)ccc1N1CCNCC1. The van der Waals surface area contributed by atoms with Crippen LogP contribution < -0.4 is 14.9 Å². The minimum Gasteiger partial charge on any atom is -0.368 e. The number of piperazine rings is 1. The highest BCUT2D eigenvalue weighted by molar-refractivity contribution is 7.92. The predicted octanol–water partition coefficient (Wildman–Crippen LogP) is 3.65. The van der Waals surface area contributed by atoms with Crippen LogP contribution in [-0.4, -0.2) is 58.5 Å². The smallest absolute Gasteiger partial charge is 0.261 e. The lowest BCUT2D eigenvalue weighted by atomic mass is 10.1. The summed E-state index contributed by atoms with van der Waals surface area (Å²) < 4.78 is 28.4. The predicted molar refractivity (Wildman–Crippen MR) is 134 cm³/mol. The first-order valence-electron chi connectivity index (χ1n) is 11.6. The first-order valence-corrected chi connectivity index (χ1v) is 13.1. The molecular formula is C25H36N4O3S. The molecule has 1 fully saturated rings. The van der Waals surface area contributed by atoms with Crippen molar-refractivity contribution in [2.75, 3.05) is 48.9 Å². The minimum atomic E-state index is -3.75. The van der Waals surface area contributed by atoms with E-state index in [1.165, 1.54) is 0 Å². The number of nitrogens with one attached hydrogen (secondary N) is 2. The molecule has 1 heterocycles. The van der Waals surface area contributed by atoms with Crippen LogP contribution in [0.5, 0.6) is 0 Å². The zero-order valence-corrected chi connectivity index (χ0v) is 20.9. The van der Waals surface area contributed by atoms with Crippen LogP contribution in [0.3, 0.4) is 0 Å². The second-order valence-electron chi connectivity index (χ2n) is 9.39. The maximum Gasteiger partial charge on any atom is 0.261 e. The largest absolute Gasteiger partial charge is 0.368 e. The molecule has 1 saturated heterocycles. The van der Waals surface area contributed by atoms with Crippen molar-refractivity contribution in [1.29, 1.82) is 0 Å². The average Bonchev–Trinajstić information content (AvgIpc) is 2.78. The van der Waals surface area contributed by atoms with Gasteiger partial charge < -0.3 is 15.1 Å². The summed E-state index contributed by atoms with van der Waals surface area (Å²) in [6.45, 7) is 13.0. The molecule has 0 spiro atoms. The van der Waals surface area contributed by atoms with Crippen LogP contribution in [0.4, 0.5) is 11.4 Å². The molecule has 33 heavy (non-hydrogen) atoms. The maximum atomic E-state index is 13.8. The van der Waals surface area contributed by atoms with Crippen LogP contribution in [-0.2, 0) is 10.0 Å². The van der Waals surface area contributed by atoms with Crippen molar-refractivity contribution in [2.45, 2.75) is 32.6 Å². The molecule has 8 heteroatoms. The van der Waals surface area contributed by atoms with Gasteiger partial charge >= 0.3 is 0 Å². The number of amides is 1. The van der Waals surface area contributed by atoms with E-state index in [2.05, 4.69) is 42.6 Å². The number of nitrogens with zero attached hydrogens (tertiary/aromatic N) is 2. The lowest BCUT2D eigenvalue weighted by Gasteiger charge is -2.33. The quantitative estimate of drug-likeness (QED) is 0.582. The summed E-state index contributed by atoms with van der Waals surface area (Å²) in [6.07, 6.45) is 0. The Balaban J connectivity index is 1.99. The lowest BCUT2D eigenvalue weighted by Crippen LogP contribution is -2.45. The van der Waals surface area contributed by atoms with Gasteiger partial charge in [-0.2, -0.15) is 0 Å². The van der Waals surface area contributed by atoms with Crippen molar-refractivity contribution >= 4 is 27.3 Å². The molecule has 1 aliphatic heterocycles. The van der Waals surface area contributed by atoms with Crippen LogP contribution in [0.15, 0.2) is 53.4 Å². The third-order valence-electron chi connectivity index (χ3n) is 5.45. The molecule has 2 aromatic carbocycles. The second-order valence-corrected chi connectivity index (χ2v) is 11.1. The van der Waals surface area contributed by atoms with Gasteiger partial charge in [-0.25, -0.2) is 8.42 Å². The highest BCUT2D eigenvalue weighted by Crippen LogP contribution is 2.28. The summed E-state index contributed by atoms with van der Waals surface area (Å²) in [5.74, 6) is 0.594. The Labute approximate surface area is 198 Å². The molecule has 3 rings (SSSR count). The third kappa shape index (κ3) is 6.71. The van der Waals surface area contributed by atoms with Crippen LogP contribution in [0.25, 0.3) is 0 Å². The van der Waals surface area contributed by atoms with Crippen molar-refractivity contribution in [3.05, 3.63) is 54.1 Å². The summed E-state index contributed by atoms with van der Waals surface area (Å²) in [6, 6.07) is 13.5. The van der Waals surface area contributed by atoms with Gasteiger partial charge in [0.2, 0.25) is 0 Å². The molecule has 0 atom stereocenters. The van der Waals surface area contributed by atoms with Gasteiger partial charge in [-0.05, 0) is 42.2 Å². The van der Waals surface area contributed by atoms with Crippen LogP contribution in [0.2, 0.25) is 0 Å². The second kappa shape index (κ2) is 11.0. The monoisotopic (exact) mass is 472 g/mol. The Morgan fingerprint density at radius 1 is 1.00 bits per heavy atom. The summed E-state index contributed by atoms with van der Waals surface area (Å²) in [4.78, 5) is 18.1. The van der Waals surface area contributed by atoms with E-state index in [1.807, 2.05) is 11.0 Å². The lowest BCUT2D eigenvalue weighted by molar-refractivity contribution is 0.0715. The summed E-state index contributed by atoms with van der Waals surface area (Å²) >= 11 is 0. The van der Waals surface area contributed by atoms with Gasteiger partial charge in [-0.1, -0.05) is 45.9 Å². The van der Waals surface area contributed by atoms with E-state index in [4.69, 9.17) is 0 Å². The van der Waals surface area contributed by atoms with Gasteiger partial charge in [0.25, 0.3) is 15.9 Å². The van der Waals surface area contributed by atoms with E-state index in [-0.39, 0.29) is 10.8 Å². The Hall–Kier alpha value is -2.58. The molecule has 0 aromatic heterocycles. The molecule has 0 saturated carbocycles. The molecule has 0 aliphatic carbocycles. The molecule has 0 radical (unpaired) electrons. The highest BCUT2D eigenvalue weighted by atomic mass is 32.2.